The van der Waals surface area contributed by atoms with Crippen LogP contribution in [0.2, 0.25) is 0 Å². The van der Waals surface area contributed by atoms with E-state index in [1.807, 2.05) is 0 Å². The number of hydrogen-bond acceptors (Lipinski definition) is 6. The van der Waals surface area contributed by atoms with E-state index in [1.54, 1.807) is 0 Å². The highest BCUT2D eigenvalue weighted by Crippen LogP contribution is 2.12. The Morgan fingerprint density at radius 3 is 2.15 bits per heavy atom. The molecule has 0 amide bonds. The summed E-state index contributed by atoms with van der Waals surface area (Å²) in [6, 6.07) is 0. The van der Waals surface area contributed by atoms with Crippen LogP contribution in [0.3, 0.4) is 0 Å². The Morgan fingerprint density at radius 1 is 1.38 bits per heavy atom. The Labute approximate surface area is 75.1 Å². The first-order valence-electron chi connectivity index (χ1n) is 3.69. The van der Waals surface area contributed by atoms with E-state index in [2.05, 4.69) is 0 Å². The SMILES string of the molecule is C[C@](O)(CO)[C@H](O)[C@H](O)C(=O)CO. The van der Waals surface area contributed by atoms with Crippen molar-refractivity contribution in [1.82, 2.24) is 0 Å². The molecule has 0 aromatic rings. The van der Waals surface area contributed by atoms with Crippen LogP contribution in [-0.2, 0) is 4.79 Å². The molecule has 5 N–H and O–H groups in total. The van der Waals surface area contributed by atoms with Gasteiger partial charge in [0.25, 0.3) is 0 Å². The second kappa shape index (κ2) is 4.64. The van der Waals surface area contributed by atoms with Gasteiger partial charge in [-0.2, -0.15) is 0 Å². The van der Waals surface area contributed by atoms with Crippen molar-refractivity contribution in [3.63, 3.8) is 0 Å². The summed E-state index contributed by atoms with van der Waals surface area (Å²) in [5.41, 5.74) is -1.97. The number of rotatable bonds is 5. The maximum absolute atomic E-state index is 10.7. The molecule has 13 heavy (non-hydrogen) atoms. The predicted octanol–water partition coefficient (Wildman–Crippen LogP) is -2.99. The second-order valence-electron chi connectivity index (χ2n) is 3.03. The van der Waals surface area contributed by atoms with Gasteiger partial charge in [-0.1, -0.05) is 0 Å². The summed E-state index contributed by atoms with van der Waals surface area (Å²) < 4.78 is 0. The number of Topliss-reactive ketones (excluding diaryl/α,β-unsaturated/α-hetero) is 1. The molecule has 0 saturated carbocycles. The standard InChI is InChI=1S/C7H14O6/c1-7(13,3-9)6(12)5(11)4(10)2-8/h5-6,8-9,11-13H,2-3H2,1H3/t5-,6-,7+/m1/s1. The molecular formula is C7H14O6. The van der Waals surface area contributed by atoms with Crippen LogP contribution >= 0.6 is 0 Å². The molecule has 0 fully saturated rings. The van der Waals surface area contributed by atoms with Crippen LogP contribution in [0.1, 0.15) is 6.92 Å². The van der Waals surface area contributed by atoms with Crippen LogP contribution in [0.5, 0.6) is 0 Å². The van der Waals surface area contributed by atoms with E-state index in [0.717, 1.165) is 6.92 Å². The molecule has 0 aliphatic heterocycles. The first kappa shape index (κ1) is 12.5. The fourth-order valence-electron chi connectivity index (χ4n) is 0.703. The molecule has 0 rings (SSSR count). The largest absolute Gasteiger partial charge is 0.393 e. The Kier molecular flexibility index (Phi) is 4.45. The van der Waals surface area contributed by atoms with Gasteiger partial charge in [-0.3, -0.25) is 4.79 Å². The number of carbonyl (C=O) groups is 1. The fourth-order valence-corrected chi connectivity index (χ4v) is 0.703. The fraction of sp³-hybridized carbons (Fsp3) is 0.857. The van der Waals surface area contributed by atoms with E-state index < -0.39 is 36.8 Å². The highest BCUT2D eigenvalue weighted by molar-refractivity contribution is 5.84. The quantitative estimate of drug-likeness (QED) is 0.318. The highest BCUT2D eigenvalue weighted by atomic mass is 16.4. The minimum Gasteiger partial charge on any atom is -0.393 e. The maximum atomic E-state index is 10.7. The van der Waals surface area contributed by atoms with E-state index in [1.165, 1.54) is 0 Å². The molecule has 6 nitrogen and oxygen atoms in total. The van der Waals surface area contributed by atoms with Gasteiger partial charge in [0.1, 0.15) is 24.4 Å². The monoisotopic (exact) mass is 194 g/mol. The number of ketones is 1. The third kappa shape index (κ3) is 3.02. The van der Waals surface area contributed by atoms with E-state index in [4.69, 9.17) is 20.4 Å². The molecule has 0 saturated heterocycles. The molecule has 0 heterocycles. The molecule has 6 heteroatoms. The van der Waals surface area contributed by atoms with Crippen molar-refractivity contribution in [2.24, 2.45) is 0 Å². The van der Waals surface area contributed by atoms with Gasteiger partial charge >= 0.3 is 0 Å². The van der Waals surface area contributed by atoms with Crippen molar-refractivity contribution in [1.29, 1.82) is 0 Å². The smallest absolute Gasteiger partial charge is 0.189 e. The first-order chi connectivity index (χ1) is 5.86. The van der Waals surface area contributed by atoms with Gasteiger partial charge in [0, 0.05) is 0 Å². The van der Waals surface area contributed by atoms with Crippen LogP contribution in [0.25, 0.3) is 0 Å². The van der Waals surface area contributed by atoms with Crippen molar-refractivity contribution < 1.29 is 30.3 Å². The predicted molar refractivity (Wildman–Crippen MR) is 41.8 cm³/mol. The maximum Gasteiger partial charge on any atom is 0.189 e. The number of aliphatic hydroxyl groups is 5. The molecule has 0 bridgehead atoms. The molecule has 0 unspecified atom stereocenters. The Hall–Kier alpha value is -0.530. The number of hydrogen-bond donors (Lipinski definition) is 5. The third-order valence-electron chi connectivity index (χ3n) is 1.74. The van der Waals surface area contributed by atoms with E-state index >= 15 is 0 Å². The van der Waals surface area contributed by atoms with Crippen molar-refractivity contribution in [3.05, 3.63) is 0 Å². The minimum atomic E-state index is -1.97. The van der Waals surface area contributed by atoms with Gasteiger partial charge in [0.2, 0.25) is 0 Å². The lowest BCUT2D eigenvalue weighted by Crippen LogP contribution is -2.52. The van der Waals surface area contributed by atoms with Gasteiger partial charge in [-0.05, 0) is 6.92 Å². The summed E-state index contributed by atoms with van der Waals surface area (Å²) in [6.45, 7) is -0.671. The topological polar surface area (TPSA) is 118 Å². The lowest BCUT2D eigenvalue weighted by Gasteiger charge is -2.29. The van der Waals surface area contributed by atoms with E-state index in [-0.39, 0.29) is 0 Å². The summed E-state index contributed by atoms with van der Waals surface area (Å²) in [7, 11) is 0. The molecule has 3 atom stereocenters. The molecule has 0 aromatic heterocycles. The summed E-state index contributed by atoms with van der Waals surface area (Å²) in [5, 5.41) is 44.3. The van der Waals surface area contributed by atoms with Gasteiger partial charge in [0.05, 0.1) is 6.61 Å². The molecule has 0 aliphatic rings. The summed E-state index contributed by atoms with van der Waals surface area (Å²) >= 11 is 0. The Bertz CT molecular complexity index is 178. The van der Waals surface area contributed by atoms with Crippen molar-refractivity contribution in [2.45, 2.75) is 24.7 Å². The molecular weight excluding hydrogens is 180 g/mol. The average Bonchev–Trinajstić information content (AvgIpc) is 2.14. The van der Waals surface area contributed by atoms with Crippen LogP contribution in [0.4, 0.5) is 0 Å². The lowest BCUT2D eigenvalue weighted by molar-refractivity contribution is -0.158. The van der Waals surface area contributed by atoms with Crippen molar-refractivity contribution >= 4 is 5.78 Å². The van der Waals surface area contributed by atoms with Gasteiger partial charge < -0.3 is 25.5 Å². The average molecular weight is 194 g/mol. The normalized spacial score (nSPS) is 20.5. The zero-order valence-corrected chi connectivity index (χ0v) is 7.21. The van der Waals surface area contributed by atoms with Crippen LogP contribution in [0.15, 0.2) is 0 Å². The zero-order valence-electron chi connectivity index (χ0n) is 7.21. The zero-order chi connectivity index (χ0) is 10.6. The Balaban J connectivity index is 4.41. The van der Waals surface area contributed by atoms with Crippen LogP contribution in [0, 0.1) is 0 Å². The second-order valence-corrected chi connectivity index (χ2v) is 3.03. The molecule has 0 spiro atoms. The number of aliphatic hydroxyl groups excluding tert-OH is 4. The van der Waals surface area contributed by atoms with Gasteiger partial charge in [0.15, 0.2) is 5.78 Å². The van der Waals surface area contributed by atoms with E-state index in [0.29, 0.717) is 0 Å². The lowest BCUT2D eigenvalue weighted by atomic mass is 9.94. The summed E-state index contributed by atoms with van der Waals surface area (Å²) in [5.74, 6) is -1.01. The Morgan fingerprint density at radius 2 is 1.85 bits per heavy atom. The van der Waals surface area contributed by atoms with Gasteiger partial charge in [-0.25, -0.2) is 0 Å². The van der Waals surface area contributed by atoms with Crippen LogP contribution in [-0.4, -0.2) is 62.3 Å². The summed E-state index contributed by atoms with van der Waals surface area (Å²) in [4.78, 5) is 10.7. The van der Waals surface area contributed by atoms with Crippen LogP contribution < -0.4 is 0 Å². The first-order valence-corrected chi connectivity index (χ1v) is 3.69. The number of carbonyl (C=O) groups excluding carboxylic acids is 1. The minimum absolute atomic E-state index is 0.802. The summed E-state index contributed by atoms with van der Waals surface area (Å²) in [6.07, 6.45) is -3.72. The molecule has 0 aromatic carbocycles. The highest BCUT2D eigenvalue weighted by Gasteiger charge is 2.38. The van der Waals surface area contributed by atoms with Crippen molar-refractivity contribution in [3.8, 4) is 0 Å². The van der Waals surface area contributed by atoms with E-state index in [9.17, 15) is 9.90 Å². The molecule has 0 aliphatic carbocycles. The molecule has 0 radical (unpaired) electrons. The molecule has 78 valence electrons. The van der Waals surface area contributed by atoms with Gasteiger partial charge in [-0.15, -0.1) is 0 Å². The third-order valence-corrected chi connectivity index (χ3v) is 1.74. The van der Waals surface area contributed by atoms with Crippen molar-refractivity contribution in [2.75, 3.05) is 13.2 Å².